The van der Waals surface area contributed by atoms with Crippen LogP contribution in [0.25, 0.3) is 0 Å². The third kappa shape index (κ3) is 2.94. The Balaban J connectivity index is 1.97. The van der Waals surface area contributed by atoms with Crippen molar-refractivity contribution in [3.63, 3.8) is 0 Å². The number of piperidine rings is 1. The standard InChI is InChI=1S/C11H15BrN4O/c1-13-11(17)8-2-4-16(5-3-8)10-6-9(12)14-7-15-10/h6-8H,2-5H2,1H3,(H,13,17). The molecule has 1 aliphatic heterocycles. The zero-order valence-corrected chi connectivity index (χ0v) is 11.3. The first kappa shape index (κ1) is 12.3. The van der Waals surface area contributed by atoms with Gasteiger partial charge in [0, 0.05) is 32.1 Å². The Labute approximate surface area is 109 Å². The molecule has 1 saturated heterocycles. The molecule has 0 unspecified atom stereocenters. The van der Waals surface area contributed by atoms with Gasteiger partial charge in [0.1, 0.15) is 16.7 Å². The number of halogens is 1. The topological polar surface area (TPSA) is 58.1 Å². The molecule has 0 radical (unpaired) electrons. The number of amides is 1. The fourth-order valence-electron chi connectivity index (χ4n) is 2.07. The molecule has 0 atom stereocenters. The van der Waals surface area contributed by atoms with Crippen LogP contribution in [-0.4, -0.2) is 36.0 Å². The molecule has 2 heterocycles. The van der Waals surface area contributed by atoms with Gasteiger partial charge in [0.15, 0.2) is 0 Å². The average Bonchev–Trinajstić information content (AvgIpc) is 2.38. The minimum absolute atomic E-state index is 0.140. The van der Waals surface area contributed by atoms with Crippen LogP contribution in [0.5, 0.6) is 0 Å². The molecule has 1 fully saturated rings. The van der Waals surface area contributed by atoms with E-state index in [0.29, 0.717) is 0 Å². The molecule has 1 aromatic heterocycles. The minimum Gasteiger partial charge on any atom is -0.359 e. The van der Waals surface area contributed by atoms with Crippen molar-refractivity contribution in [3.8, 4) is 0 Å². The second-order valence-electron chi connectivity index (χ2n) is 4.07. The number of rotatable bonds is 2. The van der Waals surface area contributed by atoms with Gasteiger partial charge < -0.3 is 10.2 Å². The van der Waals surface area contributed by atoms with Crippen molar-refractivity contribution in [2.45, 2.75) is 12.8 Å². The highest BCUT2D eigenvalue weighted by Crippen LogP contribution is 2.22. The van der Waals surface area contributed by atoms with Crippen molar-refractivity contribution < 1.29 is 4.79 Å². The summed E-state index contributed by atoms with van der Waals surface area (Å²) in [4.78, 5) is 21.9. The van der Waals surface area contributed by atoms with E-state index in [4.69, 9.17) is 0 Å². The van der Waals surface area contributed by atoms with Crippen molar-refractivity contribution in [2.75, 3.05) is 25.0 Å². The van der Waals surface area contributed by atoms with Gasteiger partial charge in [-0.05, 0) is 28.8 Å². The van der Waals surface area contributed by atoms with Crippen molar-refractivity contribution in [3.05, 3.63) is 17.0 Å². The summed E-state index contributed by atoms with van der Waals surface area (Å²) in [5.74, 6) is 1.21. The maximum Gasteiger partial charge on any atom is 0.222 e. The lowest BCUT2D eigenvalue weighted by atomic mass is 9.96. The minimum atomic E-state index is 0.140. The highest BCUT2D eigenvalue weighted by molar-refractivity contribution is 9.10. The Kier molecular flexibility index (Phi) is 3.93. The van der Waals surface area contributed by atoms with E-state index in [0.717, 1.165) is 36.4 Å². The highest BCUT2D eigenvalue weighted by Gasteiger charge is 2.24. The summed E-state index contributed by atoms with van der Waals surface area (Å²) in [5, 5.41) is 2.71. The predicted octanol–water partition coefficient (Wildman–Crippen LogP) is 1.20. The SMILES string of the molecule is CNC(=O)C1CCN(c2cc(Br)ncn2)CC1. The Morgan fingerprint density at radius 3 is 2.76 bits per heavy atom. The van der Waals surface area contributed by atoms with E-state index in [1.807, 2.05) is 6.07 Å². The fourth-order valence-corrected chi connectivity index (χ4v) is 2.37. The van der Waals surface area contributed by atoms with Crippen LogP contribution in [0, 0.1) is 5.92 Å². The zero-order chi connectivity index (χ0) is 12.3. The summed E-state index contributed by atoms with van der Waals surface area (Å²) in [6.45, 7) is 1.73. The molecular weight excluding hydrogens is 284 g/mol. The van der Waals surface area contributed by atoms with E-state index in [9.17, 15) is 4.79 Å². The maximum absolute atomic E-state index is 11.5. The van der Waals surface area contributed by atoms with Gasteiger partial charge in [0.05, 0.1) is 0 Å². The molecule has 0 aliphatic carbocycles. The summed E-state index contributed by atoms with van der Waals surface area (Å²) in [5.41, 5.74) is 0. The van der Waals surface area contributed by atoms with Crippen LogP contribution in [0.4, 0.5) is 5.82 Å². The first-order valence-corrected chi connectivity index (χ1v) is 6.44. The van der Waals surface area contributed by atoms with Crippen LogP contribution in [-0.2, 0) is 4.79 Å². The number of nitrogens with zero attached hydrogens (tertiary/aromatic N) is 3. The second-order valence-corrected chi connectivity index (χ2v) is 4.89. The molecule has 1 amide bonds. The highest BCUT2D eigenvalue weighted by atomic mass is 79.9. The van der Waals surface area contributed by atoms with Gasteiger partial charge >= 0.3 is 0 Å². The van der Waals surface area contributed by atoms with Crippen molar-refractivity contribution in [1.82, 2.24) is 15.3 Å². The maximum atomic E-state index is 11.5. The monoisotopic (exact) mass is 298 g/mol. The molecule has 0 saturated carbocycles. The molecule has 0 bridgehead atoms. The molecule has 5 nitrogen and oxygen atoms in total. The summed E-state index contributed by atoms with van der Waals surface area (Å²) in [6, 6.07) is 1.90. The normalized spacial score (nSPS) is 16.9. The molecule has 1 aliphatic rings. The Hall–Kier alpha value is -1.17. The molecule has 0 spiro atoms. The number of carbonyl (C=O) groups excluding carboxylic acids is 1. The molecule has 1 aromatic rings. The smallest absolute Gasteiger partial charge is 0.222 e. The van der Waals surface area contributed by atoms with E-state index >= 15 is 0 Å². The lowest BCUT2D eigenvalue weighted by Gasteiger charge is -2.31. The molecule has 0 aromatic carbocycles. The lowest BCUT2D eigenvalue weighted by molar-refractivity contribution is -0.125. The van der Waals surface area contributed by atoms with Gasteiger partial charge in [0.25, 0.3) is 0 Å². The predicted molar refractivity (Wildman–Crippen MR) is 68.7 cm³/mol. The first-order chi connectivity index (χ1) is 8.20. The quantitative estimate of drug-likeness (QED) is 0.834. The molecule has 2 rings (SSSR count). The van der Waals surface area contributed by atoms with Crippen LogP contribution in [0.3, 0.4) is 0 Å². The van der Waals surface area contributed by atoms with Crippen molar-refractivity contribution in [2.24, 2.45) is 5.92 Å². The largest absolute Gasteiger partial charge is 0.359 e. The van der Waals surface area contributed by atoms with E-state index in [2.05, 4.69) is 36.1 Å². The third-order valence-electron chi connectivity index (χ3n) is 3.06. The average molecular weight is 299 g/mol. The van der Waals surface area contributed by atoms with Crippen LogP contribution >= 0.6 is 15.9 Å². The number of hydrogen-bond acceptors (Lipinski definition) is 4. The molecule has 1 N–H and O–H groups in total. The molecule has 6 heteroatoms. The van der Waals surface area contributed by atoms with Crippen LogP contribution in [0.1, 0.15) is 12.8 Å². The van der Waals surface area contributed by atoms with Crippen molar-refractivity contribution >= 4 is 27.7 Å². The first-order valence-electron chi connectivity index (χ1n) is 5.65. The van der Waals surface area contributed by atoms with Crippen molar-refractivity contribution in [1.29, 1.82) is 0 Å². The summed E-state index contributed by atoms with van der Waals surface area (Å²) >= 11 is 3.33. The number of aromatic nitrogens is 2. The van der Waals surface area contributed by atoms with Crippen LogP contribution in [0.15, 0.2) is 17.0 Å². The molecule has 92 valence electrons. The second kappa shape index (κ2) is 5.44. The van der Waals surface area contributed by atoms with E-state index in [-0.39, 0.29) is 11.8 Å². The Morgan fingerprint density at radius 1 is 1.47 bits per heavy atom. The zero-order valence-electron chi connectivity index (χ0n) is 9.69. The van der Waals surface area contributed by atoms with Crippen LogP contribution in [0.2, 0.25) is 0 Å². The molecular formula is C11H15BrN4O. The van der Waals surface area contributed by atoms with Gasteiger partial charge in [-0.15, -0.1) is 0 Å². The lowest BCUT2D eigenvalue weighted by Crippen LogP contribution is -2.39. The number of hydrogen-bond donors (Lipinski definition) is 1. The number of carbonyl (C=O) groups is 1. The van der Waals surface area contributed by atoms with Gasteiger partial charge in [-0.25, -0.2) is 9.97 Å². The van der Waals surface area contributed by atoms with Crippen LogP contribution < -0.4 is 10.2 Å². The van der Waals surface area contributed by atoms with Gasteiger partial charge in [0.2, 0.25) is 5.91 Å². The van der Waals surface area contributed by atoms with Gasteiger partial charge in [-0.1, -0.05) is 0 Å². The molecule has 17 heavy (non-hydrogen) atoms. The number of nitrogens with one attached hydrogen (secondary N) is 1. The van der Waals surface area contributed by atoms with E-state index in [1.54, 1.807) is 13.4 Å². The number of anilines is 1. The van der Waals surface area contributed by atoms with Gasteiger partial charge in [-0.3, -0.25) is 4.79 Å². The van der Waals surface area contributed by atoms with E-state index < -0.39 is 0 Å². The fraction of sp³-hybridized carbons (Fsp3) is 0.545. The van der Waals surface area contributed by atoms with E-state index in [1.165, 1.54) is 0 Å². The Morgan fingerprint density at radius 2 is 2.18 bits per heavy atom. The Bertz CT molecular complexity index is 404. The van der Waals surface area contributed by atoms with Gasteiger partial charge in [-0.2, -0.15) is 0 Å². The summed E-state index contributed by atoms with van der Waals surface area (Å²) in [7, 11) is 1.69. The third-order valence-corrected chi connectivity index (χ3v) is 3.49. The summed E-state index contributed by atoms with van der Waals surface area (Å²) in [6.07, 6.45) is 3.30. The summed E-state index contributed by atoms with van der Waals surface area (Å²) < 4.78 is 0.788.